The van der Waals surface area contributed by atoms with Crippen molar-refractivity contribution in [2.45, 2.75) is 54.9 Å². The van der Waals surface area contributed by atoms with Crippen molar-refractivity contribution in [1.82, 2.24) is 5.32 Å². The quantitative estimate of drug-likeness (QED) is 0.546. The second-order valence-electron chi connectivity index (χ2n) is 7.05. The number of aliphatic hydroxyl groups is 2. The summed E-state index contributed by atoms with van der Waals surface area (Å²) >= 11 is 0.939. The van der Waals surface area contributed by atoms with E-state index < -0.39 is 66.2 Å². The Labute approximate surface area is 182 Å². The summed E-state index contributed by atoms with van der Waals surface area (Å²) in [6.07, 6.45) is -18.2. The van der Waals surface area contributed by atoms with Crippen molar-refractivity contribution < 1.29 is 50.8 Å². The number of alkyl halides is 6. The number of ether oxygens (including phenoxy) is 3. The van der Waals surface area contributed by atoms with Gasteiger partial charge in [0.05, 0.1) is 19.3 Å². The molecule has 2 aliphatic rings. The Morgan fingerprint density at radius 3 is 2.44 bits per heavy atom. The summed E-state index contributed by atoms with van der Waals surface area (Å²) in [7, 11) is 2.56. The molecule has 0 spiro atoms. The SMILES string of the molecule is CNC1=N[C@@H]2[C@@H](O)[C@H](O)[C@@H]([C@@H](OCc3ccc(OC)c(C(F)(F)F)c3)C(F)(F)F)O[C@@H]2S1. The molecule has 0 amide bonds. The summed E-state index contributed by atoms with van der Waals surface area (Å²) < 4.78 is 95.6. The van der Waals surface area contributed by atoms with Crippen LogP contribution in [-0.4, -0.2) is 71.6 Å². The number of fused-ring (bicyclic) bond motifs is 1. The van der Waals surface area contributed by atoms with Gasteiger partial charge in [-0.2, -0.15) is 26.3 Å². The van der Waals surface area contributed by atoms with Gasteiger partial charge >= 0.3 is 12.4 Å². The maximum Gasteiger partial charge on any atom is 0.419 e. The Morgan fingerprint density at radius 1 is 1.19 bits per heavy atom. The molecule has 0 aromatic heterocycles. The molecule has 1 fully saturated rings. The van der Waals surface area contributed by atoms with Gasteiger partial charge in [-0.05, 0) is 17.7 Å². The number of rotatable bonds is 5. The number of aliphatic hydroxyl groups excluding tert-OH is 2. The molecule has 32 heavy (non-hydrogen) atoms. The fourth-order valence-electron chi connectivity index (χ4n) is 3.39. The smallest absolute Gasteiger partial charge is 0.419 e. The van der Waals surface area contributed by atoms with Crippen LogP contribution in [0.15, 0.2) is 23.2 Å². The standard InChI is InChI=1S/C18H20F6N2O5S/c1-25-16-26-10-11(27)12(28)13(31-15(10)32-16)14(18(22,23)24)30-6-7-3-4-9(29-2)8(5-7)17(19,20)21/h3-5,10-15,27-28H,6H2,1-2H3,(H,25,26)/t10-,11-,12+,13+,14-,15-/m1/s1. The van der Waals surface area contributed by atoms with Crippen molar-refractivity contribution in [2.75, 3.05) is 14.2 Å². The highest BCUT2D eigenvalue weighted by atomic mass is 32.2. The van der Waals surface area contributed by atoms with E-state index in [4.69, 9.17) is 9.47 Å². The van der Waals surface area contributed by atoms with Gasteiger partial charge in [0.1, 0.15) is 35.5 Å². The molecule has 0 bridgehead atoms. The van der Waals surface area contributed by atoms with Crippen LogP contribution in [0.25, 0.3) is 0 Å². The van der Waals surface area contributed by atoms with Crippen molar-refractivity contribution in [3.63, 3.8) is 0 Å². The third-order valence-corrected chi connectivity index (χ3v) is 6.09. The minimum atomic E-state index is -5.05. The molecular formula is C18H20F6N2O5S. The molecule has 7 nitrogen and oxygen atoms in total. The zero-order valence-corrected chi connectivity index (χ0v) is 17.5. The van der Waals surface area contributed by atoms with E-state index in [-0.39, 0.29) is 5.56 Å². The lowest BCUT2D eigenvalue weighted by molar-refractivity contribution is -0.287. The number of aliphatic imine (C=N–C) groups is 1. The summed E-state index contributed by atoms with van der Waals surface area (Å²) in [5.74, 6) is -0.493. The first-order chi connectivity index (χ1) is 14.9. The minimum Gasteiger partial charge on any atom is -0.496 e. The molecular weight excluding hydrogens is 470 g/mol. The topological polar surface area (TPSA) is 92.5 Å². The van der Waals surface area contributed by atoms with Gasteiger partial charge in [0.25, 0.3) is 0 Å². The number of benzene rings is 1. The molecule has 0 saturated carbocycles. The lowest BCUT2D eigenvalue weighted by Crippen LogP contribution is -2.61. The van der Waals surface area contributed by atoms with Gasteiger partial charge < -0.3 is 29.7 Å². The lowest BCUT2D eigenvalue weighted by atomic mass is 9.94. The Kier molecular flexibility index (Phi) is 7.20. The van der Waals surface area contributed by atoms with Crippen LogP contribution in [0.3, 0.4) is 0 Å². The Hall–Kier alpha value is -1.74. The molecule has 3 N–H and O–H groups in total. The Balaban J connectivity index is 1.80. The van der Waals surface area contributed by atoms with Crippen LogP contribution < -0.4 is 10.1 Å². The average Bonchev–Trinajstić information content (AvgIpc) is 3.13. The second-order valence-corrected chi connectivity index (χ2v) is 8.14. The number of amidine groups is 1. The molecule has 0 radical (unpaired) electrons. The van der Waals surface area contributed by atoms with Crippen LogP contribution >= 0.6 is 11.8 Å². The summed E-state index contributed by atoms with van der Waals surface area (Å²) in [5, 5.41) is 23.6. The van der Waals surface area contributed by atoms with Gasteiger partial charge in [0.2, 0.25) is 0 Å². The van der Waals surface area contributed by atoms with Gasteiger partial charge in [0, 0.05) is 7.05 Å². The van der Waals surface area contributed by atoms with Crippen LogP contribution in [0.1, 0.15) is 11.1 Å². The molecule has 2 aliphatic heterocycles. The van der Waals surface area contributed by atoms with Crippen LogP contribution in [0, 0.1) is 0 Å². The van der Waals surface area contributed by atoms with Crippen LogP contribution in [0.5, 0.6) is 5.75 Å². The van der Waals surface area contributed by atoms with Crippen molar-refractivity contribution in [3.8, 4) is 5.75 Å². The van der Waals surface area contributed by atoms with E-state index >= 15 is 0 Å². The van der Waals surface area contributed by atoms with Gasteiger partial charge in [-0.3, -0.25) is 4.99 Å². The molecule has 1 aromatic carbocycles. The molecule has 0 aliphatic carbocycles. The highest BCUT2D eigenvalue weighted by molar-refractivity contribution is 8.14. The largest absolute Gasteiger partial charge is 0.496 e. The average molecular weight is 490 g/mol. The third kappa shape index (κ3) is 5.09. The van der Waals surface area contributed by atoms with E-state index in [9.17, 15) is 36.6 Å². The van der Waals surface area contributed by atoms with Crippen LogP contribution in [0.4, 0.5) is 26.3 Å². The monoisotopic (exact) mass is 490 g/mol. The van der Waals surface area contributed by atoms with Crippen molar-refractivity contribution in [3.05, 3.63) is 29.3 Å². The Morgan fingerprint density at radius 2 is 1.88 bits per heavy atom. The van der Waals surface area contributed by atoms with Gasteiger partial charge in [-0.25, -0.2) is 0 Å². The van der Waals surface area contributed by atoms with Crippen molar-refractivity contribution in [2.24, 2.45) is 4.99 Å². The number of nitrogens with zero attached hydrogens (tertiary/aromatic N) is 1. The number of hydrogen-bond donors (Lipinski definition) is 3. The summed E-state index contributed by atoms with van der Waals surface area (Å²) in [5.41, 5.74) is -2.38. The Bertz CT molecular complexity index is 852. The number of nitrogens with one attached hydrogen (secondary N) is 1. The first kappa shape index (κ1) is 24.9. The number of thioether (sulfide) groups is 1. The first-order valence-electron chi connectivity index (χ1n) is 9.23. The van der Waals surface area contributed by atoms with E-state index in [1.54, 1.807) is 0 Å². The lowest BCUT2D eigenvalue weighted by Gasteiger charge is -2.41. The van der Waals surface area contributed by atoms with Crippen molar-refractivity contribution >= 4 is 16.9 Å². The molecule has 0 unspecified atom stereocenters. The normalized spacial score (nSPS) is 29.3. The predicted molar refractivity (Wildman–Crippen MR) is 101 cm³/mol. The van der Waals surface area contributed by atoms with Crippen LogP contribution in [-0.2, 0) is 22.3 Å². The fourth-order valence-corrected chi connectivity index (χ4v) is 4.45. The molecule has 1 saturated heterocycles. The first-order valence-corrected chi connectivity index (χ1v) is 10.1. The number of methoxy groups -OCH3 is 1. The molecule has 6 atom stereocenters. The third-order valence-electron chi connectivity index (χ3n) is 4.93. The molecule has 14 heteroatoms. The highest BCUT2D eigenvalue weighted by Crippen LogP contribution is 2.41. The second kappa shape index (κ2) is 9.25. The van der Waals surface area contributed by atoms with Gasteiger partial charge in [-0.15, -0.1) is 0 Å². The molecule has 3 rings (SSSR count). The zero-order chi connectivity index (χ0) is 23.8. The number of hydrogen-bond acceptors (Lipinski definition) is 8. The zero-order valence-electron chi connectivity index (χ0n) is 16.6. The van der Waals surface area contributed by atoms with Gasteiger partial charge in [-0.1, -0.05) is 17.8 Å². The highest BCUT2D eigenvalue weighted by Gasteiger charge is 2.57. The molecule has 180 valence electrons. The van der Waals surface area contributed by atoms with Crippen molar-refractivity contribution in [1.29, 1.82) is 0 Å². The number of halogens is 6. The van der Waals surface area contributed by atoms with E-state index in [0.29, 0.717) is 11.2 Å². The van der Waals surface area contributed by atoms with E-state index in [2.05, 4.69) is 15.0 Å². The van der Waals surface area contributed by atoms with E-state index in [1.165, 1.54) is 7.05 Å². The maximum atomic E-state index is 13.7. The minimum absolute atomic E-state index is 0.202. The van der Waals surface area contributed by atoms with Crippen LogP contribution in [0.2, 0.25) is 0 Å². The maximum absolute atomic E-state index is 13.7. The molecule has 1 aromatic rings. The van der Waals surface area contributed by atoms with E-state index in [0.717, 1.165) is 31.0 Å². The summed E-state index contributed by atoms with van der Waals surface area (Å²) in [6, 6.07) is 1.73. The predicted octanol–water partition coefficient (Wildman–Crippen LogP) is 2.30. The summed E-state index contributed by atoms with van der Waals surface area (Å²) in [4.78, 5) is 4.05. The summed E-state index contributed by atoms with van der Waals surface area (Å²) in [6.45, 7) is -0.862. The van der Waals surface area contributed by atoms with E-state index in [1.807, 2.05) is 0 Å². The fraction of sp³-hybridized carbons (Fsp3) is 0.611. The molecule has 2 heterocycles. The van der Waals surface area contributed by atoms with Gasteiger partial charge in [0.15, 0.2) is 11.3 Å².